The molecule has 0 atom stereocenters. The summed E-state index contributed by atoms with van der Waals surface area (Å²) >= 11 is 0. The molecule has 0 unspecified atom stereocenters. The van der Waals surface area contributed by atoms with Crippen LogP contribution in [0.1, 0.15) is 19.4 Å². The Morgan fingerprint density at radius 3 is 2.83 bits per heavy atom. The Morgan fingerprint density at radius 1 is 1.50 bits per heavy atom. The monoisotopic (exact) mass is 161 g/mol. The first-order valence-corrected chi connectivity index (χ1v) is 4.18. The van der Waals surface area contributed by atoms with Gasteiger partial charge >= 0.3 is 0 Å². The molecule has 0 bridgehead atoms. The molecule has 1 heteroatoms. The van der Waals surface area contributed by atoms with E-state index in [1.54, 1.807) is 0 Å². The third-order valence-electron chi connectivity index (χ3n) is 1.93. The van der Waals surface area contributed by atoms with Gasteiger partial charge in [0.1, 0.15) is 0 Å². The maximum absolute atomic E-state index is 5.66. The van der Waals surface area contributed by atoms with E-state index in [1.807, 2.05) is 18.2 Å². The van der Waals surface area contributed by atoms with E-state index in [4.69, 9.17) is 5.73 Å². The van der Waals surface area contributed by atoms with Crippen molar-refractivity contribution in [2.45, 2.75) is 20.3 Å². The highest BCUT2D eigenvalue weighted by molar-refractivity contribution is 5.41. The lowest BCUT2D eigenvalue weighted by Crippen LogP contribution is -1.89. The van der Waals surface area contributed by atoms with Crippen molar-refractivity contribution >= 4 is 5.69 Å². The normalized spacial score (nSPS) is 11.7. The van der Waals surface area contributed by atoms with Crippen LogP contribution in [-0.2, 0) is 6.42 Å². The van der Waals surface area contributed by atoms with Crippen LogP contribution in [0.15, 0.2) is 35.9 Å². The zero-order valence-corrected chi connectivity index (χ0v) is 7.67. The Labute approximate surface area is 73.9 Å². The molecular weight excluding hydrogens is 146 g/mol. The van der Waals surface area contributed by atoms with Crippen LogP contribution in [0.25, 0.3) is 0 Å². The summed E-state index contributed by atoms with van der Waals surface area (Å²) in [6.07, 6.45) is 3.13. The predicted molar refractivity (Wildman–Crippen MR) is 54.0 cm³/mol. The first kappa shape index (κ1) is 8.85. The van der Waals surface area contributed by atoms with Crippen LogP contribution in [0.3, 0.4) is 0 Å². The van der Waals surface area contributed by atoms with Crippen LogP contribution >= 0.6 is 0 Å². The molecule has 1 aromatic carbocycles. The summed E-state index contributed by atoms with van der Waals surface area (Å²) in [6, 6.07) is 8.03. The van der Waals surface area contributed by atoms with Crippen LogP contribution in [-0.4, -0.2) is 0 Å². The van der Waals surface area contributed by atoms with Crippen LogP contribution in [0.4, 0.5) is 5.69 Å². The Hall–Kier alpha value is -1.24. The molecule has 0 aliphatic rings. The number of nitrogens with two attached hydrogens (primary N) is 1. The quantitative estimate of drug-likeness (QED) is 0.524. The molecule has 12 heavy (non-hydrogen) atoms. The van der Waals surface area contributed by atoms with Gasteiger partial charge in [-0.1, -0.05) is 23.8 Å². The average molecular weight is 161 g/mol. The summed E-state index contributed by atoms with van der Waals surface area (Å²) in [4.78, 5) is 0. The number of allylic oxidation sites excluding steroid dienone is 2. The van der Waals surface area contributed by atoms with Gasteiger partial charge in [-0.3, -0.25) is 0 Å². The van der Waals surface area contributed by atoms with E-state index < -0.39 is 0 Å². The second kappa shape index (κ2) is 3.96. The minimum absolute atomic E-state index is 0.844. The highest BCUT2D eigenvalue weighted by Crippen LogP contribution is 2.10. The summed E-state index contributed by atoms with van der Waals surface area (Å²) in [5.74, 6) is 0. The first-order chi connectivity index (χ1) is 5.72. The third-order valence-corrected chi connectivity index (χ3v) is 1.93. The molecule has 64 valence electrons. The van der Waals surface area contributed by atoms with Crippen molar-refractivity contribution in [2.75, 3.05) is 5.73 Å². The Kier molecular flexibility index (Phi) is 2.92. The average Bonchev–Trinajstić information content (AvgIpc) is 2.04. The highest BCUT2D eigenvalue weighted by atomic mass is 14.5. The molecule has 0 amide bonds. The van der Waals surface area contributed by atoms with Gasteiger partial charge in [-0.15, -0.1) is 0 Å². The molecule has 0 aromatic heterocycles. The van der Waals surface area contributed by atoms with E-state index in [2.05, 4.69) is 26.0 Å². The number of hydrogen-bond acceptors (Lipinski definition) is 1. The van der Waals surface area contributed by atoms with E-state index in [1.165, 1.54) is 11.1 Å². The lowest BCUT2D eigenvalue weighted by atomic mass is 10.1. The van der Waals surface area contributed by atoms with E-state index >= 15 is 0 Å². The number of anilines is 1. The van der Waals surface area contributed by atoms with Gasteiger partial charge < -0.3 is 5.73 Å². The summed E-state index contributed by atoms with van der Waals surface area (Å²) in [5, 5.41) is 0. The van der Waals surface area contributed by atoms with Crippen molar-refractivity contribution in [2.24, 2.45) is 0 Å². The molecule has 1 rings (SSSR count). The van der Waals surface area contributed by atoms with Gasteiger partial charge in [0.05, 0.1) is 0 Å². The fourth-order valence-corrected chi connectivity index (χ4v) is 1.13. The highest BCUT2D eigenvalue weighted by Gasteiger charge is 1.93. The van der Waals surface area contributed by atoms with Gasteiger partial charge in [-0.25, -0.2) is 0 Å². The minimum Gasteiger partial charge on any atom is -0.399 e. The van der Waals surface area contributed by atoms with Crippen molar-refractivity contribution < 1.29 is 0 Å². The lowest BCUT2D eigenvalue weighted by Gasteiger charge is -2.01. The van der Waals surface area contributed by atoms with Crippen molar-refractivity contribution in [3.63, 3.8) is 0 Å². The van der Waals surface area contributed by atoms with E-state index in [0.29, 0.717) is 0 Å². The molecule has 0 heterocycles. The van der Waals surface area contributed by atoms with Crippen molar-refractivity contribution in [1.82, 2.24) is 0 Å². The smallest absolute Gasteiger partial charge is 0.0316 e. The summed E-state index contributed by atoms with van der Waals surface area (Å²) in [6.45, 7) is 4.19. The maximum atomic E-state index is 5.66. The van der Waals surface area contributed by atoms with Crippen LogP contribution in [0.2, 0.25) is 0 Å². The van der Waals surface area contributed by atoms with Gasteiger partial charge in [0.2, 0.25) is 0 Å². The molecule has 1 nitrogen and oxygen atoms in total. The van der Waals surface area contributed by atoms with Gasteiger partial charge in [-0.05, 0) is 38.0 Å². The lowest BCUT2D eigenvalue weighted by molar-refractivity contribution is 1.14. The molecule has 1 aromatic rings. The fourth-order valence-electron chi connectivity index (χ4n) is 1.13. The summed E-state index contributed by atoms with van der Waals surface area (Å²) in [7, 11) is 0. The second-order valence-corrected chi connectivity index (χ2v) is 3.06. The maximum Gasteiger partial charge on any atom is 0.0316 e. The zero-order valence-electron chi connectivity index (χ0n) is 7.67. The van der Waals surface area contributed by atoms with Crippen molar-refractivity contribution in [3.05, 3.63) is 41.5 Å². The van der Waals surface area contributed by atoms with Gasteiger partial charge in [-0.2, -0.15) is 0 Å². The number of rotatable bonds is 2. The number of hydrogen-bond donors (Lipinski definition) is 1. The fraction of sp³-hybridized carbons (Fsp3) is 0.273. The molecule has 0 aliphatic carbocycles. The topological polar surface area (TPSA) is 26.0 Å². The van der Waals surface area contributed by atoms with E-state index in [-0.39, 0.29) is 0 Å². The SMILES string of the molecule is CC=C(C)Cc1cccc(N)c1. The third kappa shape index (κ3) is 2.42. The Balaban J connectivity index is 2.76. The summed E-state index contributed by atoms with van der Waals surface area (Å²) in [5.41, 5.74) is 9.16. The minimum atomic E-state index is 0.844. The van der Waals surface area contributed by atoms with Crippen LogP contribution in [0, 0.1) is 0 Å². The zero-order chi connectivity index (χ0) is 8.97. The molecule has 0 saturated heterocycles. The molecule has 0 spiro atoms. The van der Waals surface area contributed by atoms with E-state index in [9.17, 15) is 0 Å². The molecule has 0 aliphatic heterocycles. The second-order valence-electron chi connectivity index (χ2n) is 3.06. The molecule has 2 N–H and O–H groups in total. The Bertz CT molecular complexity index is 287. The standard InChI is InChI=1S/C11H15N/c1-3-9(2)7-10-5-4-6-11(12)8-10/h3-6,8H,7,12H2,1-2H3. The first-order valence-electron chi connectivity index (χ1n) is 4.18. The molecule has 0 fully saturated rings. The Morgan fingerprint density at radius 2 is 2.25 bits per heavy atom. The van der Waals surface area contributed by atoms with Crippen LogP contribution < -0.4 is 5.73 Å². The predicted octanol–water partition coefficient (Wildman–Crippen LogP) is 2.78. The molecule has 0 radical (unpaired) electrons. The van der Waals surface area contributed by atoms with Gasteiger partial charge in [0, 0.05) is 5.69 Å². The molecular formula is C11H15N. The van der Waals surface area contributed by atoms with Crippen LogP contribution in [0.5, 0.6) is 0 Å². The van der Waals surface area contributed by atoms with Gasteiger partial charge in [0.25, 0.3) is 0 Å². The van der Waals surface area contributed by atoms with Crippen molar-refractivity contribution in [1.29, 1.82) is 0 Å². The molecule has 0 saturated carbocycles. The van der Waals surface area contributed by atoms with E-state index in [0.717, 1.165) is 12.1 Å². The number of nitrogen functional groups attached to an aromatic ring is 1. The van der Waals surface area contributed by atoms with Gasteiger partial charge in [0.15, 0.2) is 0 Å². The van der Waals surface area contributed by atoms with Crippen molar-refractivity contribution in [3.8, 4) is 0 Å². The largest absolute Gasteiger partial charge is 0.399 e. The number of benzene rings is 1. The summed E-state index contributed by atoms with van der Waals surface area (Å²) < 4.78 is 0.